The molecule has 0 fully saturated rings. The van der Waals surface area contributed by atoms with E-state index in [1.807, 2.05) is 17.8 Å². The molecule has 0 aromatic rings. The molecular weight excluding hydrogens is 192 g/mol. The van der Waals surface area contributed by atoms with Crippen LogP contribution in [0.1, 0.15) is 39.0 Å². The van der Waals surface area contributed by atoms with Gasteiger partial charge in [-0.1, -0.05) is 25.8 Å². The molecule has 0 aromatic heterocycles. The molecule has 0 heterocycles. The third kappa shape index (κ3) is 8.60. The zero-order chi connectivity index (χ0) is 10.6. The van der Waals surface area contributed by atoms with Crippen molar-refractivity contribution < 1.29 is 0 Å². The summed E-state index contributed by atoms with van der Waals surface area (Å²) in [4.78, 5) is 0. The largest absolute Gasteiger partial charge is 0.271 e. The minimum absolute atomic E-state index is 0.490. The van der Waals surface area contributed by atoms with E-state index >= 15 is 0 Å². The van der Waals surface area contributed by atoms with E-state index < -0.39 is 0 Å². The van der Waals surface area contributed by atoms with E-state index in [1.165, 1.54) is 31.4 Å². The molecule has 1 unspecified atom stereocenters. The van der Waals surface area contributed by atoms with Gasteiger partial charge in [0, 0.05) is 11.8 Å². The molecular formula is C11H24N2S. The number of hydrogen-bond acceptors (Lipinski definition) is 3. The number of rotatable bonds is 10. The summed E-state index contributed by atoms with van der Waals surface area (Å²) in [6, 6.07) is 0.490. The highest BCUT2D eigenvalue weighted by molar-refractivity contribution is 7.99. The first kappa shape index (κ1) is 14.0. The van der Waals surface area contributed by atoms with Gasteiger partial charge in [-0.3, -0.25) is 11.3 Å². The molecule has 0 aliphatic carbocycles. The summed E-state index contributed by atoms with van der Waals surface area (Å²) in [7, 11) is 0. The Morgan fingerprint density at radius 1 is 1.43 bits per heavy atom. The van der Waals surface area contributed by atoms with Gasteiger partial charge in [0.05, 0.1) is 0 Å². The molecule has 14 heavy (non-hydrogen) atoms. The fraction of sp³-hybridized carbons (Fsp3) is 0.818. The van der Waals surface area contributed by atoms with Gasteiger partial charge in [0.25, 0.3) is 0 Å². The Hall–Kier alpha value is 0.01000. The van der Waals surface area contributed by atoms with Crippen LogP contribution in [0, 0.1) is 0 Å². The van der Waals surface area contributed by atoms with Crippen LogP contribution in [-0.2, 0) is 0 Å². The summed E-state index contributed by atoms with van der Waals surface area (Å²) >= 11 is 1.95. The Labute approximate surface area is 92.7 Å². The molecule has 0 amide bonds. The minimum atomic E-state index is 0.490. The van der Waals surface area contributed by atoms with Gasteiger partial charge in [-0.25, -0.2) is 0 Å². The topological polar surface area (TPSA) is 38.0 Å². The number of hydrazine groups is 1. The van der Waals surface area contributed by atoms with Gasteiger partial charge in [-0.2, -0.15) is 11.8 Å². The van der Waals surface area contributed by atoms with Crippen LogP contribution in [0.2, 0.25) is 0 Å². The first-order chi connectivity index (χ1) is 6.85. The van der Waals surface area contributed by atoms with Crippen molar-refractivity contribution in [2.75, 3.05) is 11.5 Å². The maximum atomic E-state index is 5.47. The van der Waals surface area contributed by atoms with Crippen LogP contribution in [0.3, 0.4) is 0 Å². The number of nitrogens with one attached hydrogen (secondary N) is 1. The maximum absolute atomic E-state index is 5.47. The highest BCUT2D eigenvalue weighted by Crippen LogP contribution is 2.10. The van der Waals surface area contributed by atoms with E-state index in [4.69, 9.17) is 5.84 Å². The highest BCUT2D eigenvalue weighted by atomic mass is 32.2. The van der Waals surface area contributed by atoms with E-state index in [1.54, 1.807) is 0 Å². The normalized spacial score (nSPS) is 12.7. The van der Waals surface area contributed by atoms with Gasteiger partial charge in [0.1, 0.15) is 0 Å². The molecule has 0 radical (unpaired) electrons. The summed E-state index contributed by atoms with van der Waals surface area (Å²) in [5.74, 6) is 7.78. The highest BCUT2D eigenvalue weighted by Gasteiger charge is 2.04. The lowest BCUT2D eigenvalue weighted by molar-refractivity contribution is 0.503. The Morgan fingerprint density at radius 3 is 2.79 bits per heavy atom. The van der Waals surface area contributed by atoms with E-state index in [2.05, 4.69) is 18.9 Å². The van der Waals surface area contributed by atoms with Crippen molar-refractivity contribution in [3.63, 3.8) is 0 Å². The van der Waals surface area contributed by atoms with Crippen molar-refractivity contribution >= 4 is 11.8 Å². The first-order valence-corrected chi connectivity index (χ1v) is 6.65. The van der Waals surface area contributed by atoms with E-state index in [0.29, 0.717) is 6.04 Å². The molecule has 0 saturated carbocycles. The van der Waals surface area contributed by atoms with Crippen LogP contribution < -0.4 is 11.3 Å². The summed E-state index contributed by atoms with van der Waals surface area (Å²) in [6.45, 7) is 5.90. The minimum Gasteiger partial charge on any atom is -0.271 e. The predicted octanol–water partition coefficient (Wildman–Crippen LogP) is 2.71. The Morgan fingerprint density at radius 2 is 2.21 bits per heavy atom. The fourth-order valence-electron chi connectivity index (χ4n) is 1.33. The zero-order valence-corrected chi connectivity index (χ0v) is 10.1. The van der Waals surface area contributed by atoms with Crippen molar-refractivity contribution in [3.05, 3.63) is 12.7 Å². The smallest absolute Gasteiger partial charge is 0.0301 e. The Bertz CT molecular complexity index is 128. The maximum Gasteiger partial charge on any atom is 0.0301 e. The van der Waals surface area contributed by atoms with Crippen molar-refractivity contribution in [1.82, 2.24) is 5.43 Å². The number of allylic oxidation sites excluding steroid dienone is 1. The summed E-state index contributed by atoms with van der Waals surface area (Å²) in [5.41, 5.74) is 2.89. The van der Waals surface area contributed by atoms with Crippen LogP contribution >= 0.6 is 11.8 Å². The quantitative estimate of drug-likeness (QED) is 0.255. The number of unbranched alkanes of at least 4 members (excludes halogenated alkanes) is 3. The third-order valence-corrected chi connectivity index (χ3v) is 3.27. The number of nitrogens with two attached hydrogens (primary N) is 1. The Kier molecular flexibility index (Phi) is 11.1. The van der Waals surface area contributed by atoms with Crippen molar-refractivity contribution in [2.24, 2.45) is 5.84 Å². The van der Waals surface area contributed by atoms with Gasteiger partial charge >= 0.3 is 0 Å². The summed E-state index contributed by atoms with van der Waals surface area (Å²) < 4.78 is 0. The lowest BCUT2D eigenvalue weighted by Crippen LogP contribution is -2.37. The molecule has 0 saturated heterocycles. The molecule has 0 aromatic carbocycles. The monoisotopic (exact) mass is 216 g/mol. The van der Waals surface area contributed by atoms with Gasteiger partial charge in [-0.05, 0) is 25.0 Å². The lowest BCUT2D eigenvalue weighted by atomic mass is 10.1. The second-order valence-corrected chi connectivity index (χ2v) is 4.77. The van der Waals surface area contributed by atoms with Crippen molar-refractivity contribution in [1.29, 1.82) is 0 Å². The summed E-state index contributed by atoms with van der Waals surface area (Å²) in [5, 5.41) is 0. The predicted molar refractivity (Wildman–Crippen MR) is 67.4 cm³/mol. The molecule has 1 atom stereocenters. The van der Waals surface area contributed by atoms with Gasteiger partial charge in [0.15, 0.2) is 0 Å². The van der Waals surface area contributed by atoms with Crippen molar-refractivity contribution in [3.8, 4) is 0 Å². The molecule has 0 aliphatic heterocycles. The van der Waals surface area contributed by atoms with Crippen molar-refractivity contribution in [2.45, 2.75) is 45.1 Å². The van der Waals surface area contributed by atoms with Gasteiger partial charge < -0.3 is 0 Å². The second kappa shape index (κ2) is 11.1. The average Bonchev–Trinajstić information content (AvgIpc) is 2.22. The van der Waals surface area contributed by atoms with Crippen LogP contribution in [0.4, 0.5) is 0 Å². The van der Waals surface area contributed by atoms with Crippen LogP contribution in [-0.4, -0.2) is 17.5 Å². The van der Waals surface area contributed by atoms with Gasteiger partial charge in [-0.15, -0.1) is 6.58 Å². The molecule has 3 N–H and O–H groups in total. The molecule has 2 nitrogen and oxygen atoms in total. The second-order valence-electron chi connectivity index (χ2n) is 3.45. The van der Waals surface area contributed by atoms with Crippen LogP contribution in [0.25, 0.3) is 0 Å². The van der Waals surface area contributed by atoms with E-state index in [9.17, 15) is 0 Å². The number of thioether (sulfide) groups is 1. The van der Waals surface area contributed by atoms with Crippen LogP contribution in [0.5, 0.6) is 0 Å². The lowest BCUT2D eigenvalue weighted by Gasteiger charge is -2.14. The van der Waals surface area contributed by atoms with Crippen LogP contribution in [0.15, 0.2) is 12.7 Å². The molecule has 0 spiro atoms. The van der Waals surface area contributed by atoms with E-state index in [0.717, 1.165) is 12.2 Å². The first-order valence-electron chi connectivity index (χ1n) is 5.49. The zero-order valence-electron chi connectivity index (χ0n) is 9.30. The molecule has 3 heteroatoms. The third-order valence-electron chi connectivity index (χ3n) is 2.22. The standard InChI is InChI=1S/C11H24N2S/c1-3-5-6-7-8-9-11(13-12)10-14-4-2/h3,11,13H,1,4-10,12H2,2H3. The summed E-state index contributed by atoms with van der Waals surface area (Å²) in [6.07, 6.45) is 8.16. The molecule has 0 rings (SSSR count). The Balaban J connectivity index is 3.28. The van der Waals surface area contributed by atoms with Gasteiger partial charge in [0.2, 0.25) is 0 Å². The average molecular weight is 216 g/mol. The van der Waals surface area contributed by atoms with E-state index in [-0.39, 0.29) is 0 Å². The SMILES string of the molecule is C=CCCCCCC(CSCC)NN. The molecule has 0 aliphatic rings. The molecule has 84 valence electrons. The fourth-order valence-corrected chi connectivity index (χ4v) is 2.11. The number of hydrogen-bond donors (Lipinski definition) is 2. The molecule has 0 bridgehead atoms.